The second-order valence-electron chi connectivity index (χ2n) is 6.09. The van der Waals surface area contributed by atoms with Crippen LogP contribution >= 0.6 is 0 Å². The molecule has 0 aromatic carbocycles. The number of hydrogen-bond donors (Lipinski definition) is 1. The normalized spacial score (nSPS) is 29.4. The van der Waals surface area contributed by atoms with Crippen LogP contribution in [0.2, 0.25) is 0 Å². The third-order valence-electron chi connectivity index (χ3n) is 4.40. The average molecular weight is 302 g/mol. The van der Waals surface area contributed by atoms with Crippen LogP contribution in [0.5, 0.6) is 0 Å². The summed E-state index contributed by atoms with van der Waals surface area (Å²) >= 11 is 0. The SMILES string of the molecule is C[C@H](C(=O)N[C@H]1CCS(=O)(=O)C1)N1CCCCCCC1. The Kier molecular flexibility index (Phi) is 5.43. The molecule has 0 saturated carbocycles. The molecule has 1 amide bonds. The molecule has 0 unspecified atom stereocenters. The van der Waals surface area contributed by atoms with Gasteiger partial charge in [-0.15, -0.1) is 0 Å². The van der Waals surface area contributed by atoms with Crippen molar-refractivity contribution < 1.29 is 13.2 Å². The first-order valence-electron chi connectivity index (χ1n) is 7.73. The van der Waals surface area contributed by atoms with Crippen LogP contribution in [0.4, 0.5) is 0 Å². The minimum absolute atomic E-state index is 0.0207. The number of sulfone groups is 1. The summed E-state index contributed by atoms with van der Waals surface area (Å²) in [5.41, 5.74) is 0. The molecule has 2 aliphatic heterocycles. The van der Waals surface area contributed by atoms with Crippen molar-refractivity contribution in [3.63, 3.8) is 0 Å². The zero-order valence-electron chi connectivity index (χ0n) is 12.3. The predicted octanol–water partition coefficient (Wildman–Crippen LogP) is 0.944. The van der Waals surface area contributed by atoms with Gasteiger partial charge in [0.05, 0.1) is 17.5 Å². The summed E-state index contributed by atoms with van der Waals surface area (Å²) in [6, 6.07) is -0.346. The maximum atomic E-state index is 12.3. The van der Waals surface area contributed by atoms with E-state index in [9.17, 15) is 13.2 Å². The Morgan fingerprint density at radius 2 is 1.75 bits per heavy atom. The maximum absolute atomic E-state index is 12.3. The first-order chi connectivity index (χ1) is 9.48. The van der Waals surface area contributed by atoms with Gasteiger partial charge in [-0.2, -0.15) is 0 Å². The van der Waals surface area contributed by atoms with E-state index >= 15 is 0 Å². The van der Waals surface area contributed by atoms with Crippen LogP contribution in [0.25, 0.3) is 0 Å². The van der Waals surface area contributed by atoms with Gasteiger partial charge in [0.1, 0.15) is 0 Å². The second kappa shape index (κ2) is 6.89. The molecule has 6 heteroatoms. The Morgan fingerprint density at radius 1 is 1.15 bits per heavy atom. The summed E-state index contributed by atoms with van der Waals surface area (Å²) in [5, 5.41) is 2.91. The zero-order chi connectivity index (χ0) is 14.6. The van der Waals surface area contributed by atoms with Crippen molar-refractivity contribution in [1.82, 2.24) is 10.2 Å². The summed E-state index contributed by atoms with van der Waals surface area (Å²) in [6.07, 6.45) is 6.64. The standard InChI is InChI=1S/C14H26N2O3S/c1-12(16-8-5-3-2-4-6-9-16)14(17)15-13-7-10-20(18,19)11-13/h12-13H,2-11H2,1H3,(H,15,17)/t12-,13+/m1/s1. The predicted molar refractivity (Wildman–Crippen MR) is 79.3 cm³/mol. The van der Waals surface area contributed by atoms with Crippen molar-refractivity contribution in [2.45, 2.75) is 57.5 Å². The van der Waals surface area contributed by atoms with Crippen LogP contribution in [0.15, 0.2) is 0 Å². The molecule has 0 aromatic rings. The molecule has 116 valence electrons. The van der Waals surface area contributed by atoms with Gasteiger partial charge in [0.25, 0.3) is 0 Å². The van der Waals surface area contributed by atoms with Crippen LogP contribution in [0, 0.1) is 0 Å². The van der Waals surface area contributed by atoms with E-state index in [1.807, 2.05) is 6.92 Å². The minimum Gasteiger partial charge on any atom is -0.351 e. The molecule has 2 rings (SSSR count). The number of likely N-dealkylation sites (tertiary alicyclic amines) is 1. The summed E-state index contributed by atoms with van der Waals surface area (Å²) in [7, 11) is -2.93. The van der Waals surface area contributed by atoms with Gasteiger partial charge >= 0.3 is 0 Å². The summed E-state index contributed by atoms with van der Waals surface area (Å²) in [4.78, 5) is 14.5. The molecule has 0 aromatic heterocycles. The van der Waals surface area contributed by atoms with Gasteiger partial charge in [-0.05, 0) is 39.3 Å². The van der Waals surface area contributed by atoms with Crippen LogP contribution in [-0.4, -0.2) is 55.9 Å². The summed E-state index contributed by atoms with van der Waals surface area (Å²) < 4.78 is 22.8. The molecular formula is C14H26N2O3S. The highest BCUT2D eigenvalue weighted by atomic mass is 32.2. The lowest BCUT2D eigenvalue weighted by atomic mass is 10.1. The second-order valence-corrected chi connectivity index (χ2v) is 8.32. The fourth-order valence-electron chi connectivity index (χ4n) is 3.06. The van der Waals surface area contributed by atoms with Crippen LogP contribution < -0.4 is 5.32 Å². The Labute approximate surface area is 122 Å². The van der Waals surface area contributed by atoms with Crippen LogP contribution in [0.1, 0.15) is 45.4 Å². The largest absolute Gasteiger partial charge is 0.351 e. The fraction of sp³-hybridized carbons (Fsp3) is 0.929. The van der Waals surface area contributed by atoms with E-state index < -0.39 is 9.84 Å². The lowest BCUT2D eigenvalue weighted by Crippen LogP contribution is -2.49. The number of carbonyl (C=O) groups excluding carboxylic acids is 1. The maximum Gasteiger partial charge on any atom is 0.237 e. The molecule has 20 heavy (non-hydrogen) atoms. The van der Waals surface area contributed by atoms with Gasteiger partial charge in [-0.25, -0.2) is 8.42 Å². The molecule has 0 bridgehead atoms. The van der Waals surface area contributed by atoms with E-state index in [-0.39, 0.29) is 29.5 Å². The highest BCUT2D eigenvalue weighted by Gasteiger charge is 2.31. The van der Waals surface area contributed by atoms with Gasteiger partial charge in [0.15, 0.2) is 9.84 Å². The molecule has 5 nitrogen and oxygen atoms in total. The highest BCUT2D eigenvalue weighted by molar-refractivity contribution is 7.91. The van der Waals surface area contributed by atoms with Crippen molar-refractivity contribution in [2.24, 2.45) is 0 Å². The van der Waals surface area contributed by atoms with E-state index in [0.717, 1.165) is 25.9 Å². The van der Waals surface area contributed by atoms with Crippen LogP contribution in [-0.2, 0) is 14.6 Å². The third kappa shape index (κ3) is 4.45. The Balaban J connectivity index is 1.84. The third-order valence-corrected chi connectivity index (χ3v) is 6.16. The lowest BCUT2D eigenvalue weighted by Gasteiger charge is -2.30. The van der Waals surface area contributed by atoms with E-state index in [2.05, 4.69) is 10.2 Å². The van der Waals surface area contributed by atoms with Gasteiger partial charge < -0.3 is 5.32 Å². The van der Waals surface area contributed by atoms with Crippen molar-refractivity contribution in [1.29, 1.82) is 0 Å². The lowest BCUT2D eigenvalue weighted by molar-refractivity contribution is -0.126. The molecule has 2 heterocycles. The van der Waals surface area contributed by atoms with E-state index in [1.54, 1.807) is 0 Å². The number of amides is 1. The molecule has 2 fully saturated rings. The van der Waals surface area contributed by atoms with Gasteiger partial charge in [0, 0.05) is 6.04 Å². The van der Waals surface area contributed by atoms with E-state index in [4.69, 9.17) is 0 Å². The summed E-state index contributed by atoms with van der Waals surface area (Å²) in [5.74, 6) is 0.286. The number of nitrogens with one attached hydrogen (secondary N) is 1. The smallest absolute Gasteiger partial charge is 0.237 e. The van der Waals surface area contributed by atoms with E-state index in [0.29, 0.717) is 6.42 Å². The number of hydrogen-bond acceptors (Lipinski definition) is 4. The molecule has 2 saturated heterocycles. The monoisotopic (exact) mass is 302 g/mol. The first kappa shape index (κ1) is 15.8. The first-order valence-corrected chi connectivity index (χ1v) is 9.55. The Bertz CT molecular complexity index is 428. The topological polar surface area (TPSA) is 66.5 Å². The summed E-state index contributed by atoms with van der Waals surface area (Å²) in [6.45, 7) is 3.87. The van der Waals surface area contributed by atoms with Crippen molar-refractivity contribution >= 4 is 15.7 Å². The van der Waals surface area contributed by atoms with E-state index in [1.165, 1.54) is 19.3 Å². The van der Waals surface area contributed by atoms with Crippen LogP contribution in [0.3, 0.4) is 0 Å². The average Bonchev–Trinajstić information content (AvgIpc) is 2.67. The minimum atomic E-state index is -2.93. The molecule has 1 N–H and O–H groups in total. The Morgan fingerprint density at radius 3 is 2.30 bits per heavy atom. The molecule has 0 spiro atoms. The number of rotatable bonds is 3. The molecule has 0 radical (unpaired) electrons. The molecule has 2 atom stereocenters. The fourth-order valence-corrected chi connectivity index (χ4v) is 4.73. The van der Waals surface area contributed by atoms with Crippen molar-refractivity contribution in [3.05, 3.63) is 0 Å². The zero-order valence-corrected chi connectivity index (χ0v) is 13.1. The number of nitrogens with zero attached hydrogens (tertiary/aromatic N) is 1. The number of carbonyl (C=O) groups is 1. The highest BCUT2D eigenvalue weighted by Crippen LogP contribution is 2.15. The van der Waals surface area contributed by atoms with Gasteiger partial charge in [-0.1, -0.05) is 19.3 Å². The van der Waals surface area contributed by atoms with Crippen molar-refractivity contribution in [2.75, 3.05) is 24.6 Å². The Hall–Kier alpha value is -0.620. The molecular weight excluding hydrogens is 276 g/mol. The van der Waals surface area contributed by atoms with Gasteiger partial charge in [-0.3, -0.25) is 9.69 Å². The quantitative estimate of drug-likeness (QED) is 0.843. The van der Waals surface area contributed by atoms with Gasteiger partial charge in [0.2, 0.25) is 5.91 Å². The molecule has 0 aliphatic carbocycles. The van der Waals surface area contributed by atoms with Crippen molar-refractivity contribution in [3.8, 4) is 0 Å². The molecule has 2 aliphatic rings.